The fourth-order valence-electron chi connectivity index (χ4n) is 4.47. The lowest BCUT2D eigenvalue weighted by atomic mass is 10.2. The van der Waals surface area contributed by atoms with Crippen molar-refractivity contribution in [2.75, 3.05) is 57.8 Å². The molecule has 30 heavy (non-hydrogen) atoms. The van der Waals surface area contributed by atoms with Crippen molar-refractivity contribution < 1.29 is 14.0 Å². The third-order valence-electron chi connectivity index (χ3n) is 6.23. The van der Waals surface area contributed by atoms with Crippen LogP contribution in [0.25, 0.3) is 10.9 Å². The summed E-state index contributed by atoms with van der Waals surface area (Å²) < 4.78 is 15.7. The molecule has 2 aliphatic heterocycles. The summed E-state index contributed by atoms with van der Waals surface area (Å²) in [6, 6.07) is 4.47. The summed E-state index contributed by atoms with van der Waals surface area (Å²) in [5.74, 6) is -0.613. The Morgan fingerprint density at radius 1 is 1.13 bits per heavy atom. The molecular formula is C22H30FN5O2. The fraction of sp³-hybridized carbons (Fsp3) is 0.545. The summed E-state index contributed by atoms with van der Waals surface area (Å²) in [6.45, 7) is 6.33. The summed E-state index contributed by atoms with van der Waals surface area (Å²) in [7, 11) is 3.93. The molecule has 3 heterocycles. The van der Waals surface area contributed by atoms with Gasteiger partial charge in [-0.2, -0.15) is 0 Å². The van der Waals surface area contributed by atoms with Crippen LogP contribution in [0.1, 0.15) is 29.8 Å². The van der Waals surface area contributed by atoms with E-state index in [1.54, 1.807) is 22.6 Å². The maximum atomic E-state index is 14.0. The molecule has 0 bridgehead atoms. The van der Waals surface area contributed by atoms with E-state index in [0.717, 1.165) is 51.1 Å². The number of anilines is 1. The van der Waals surface area contributed by atoms with E-state index in [1.165, 1.54) is 12.1 Å². The van der Waals surface area contributed by atoms with Gasteiger partial charge in [0.2, 0.25) is 5.91 Å². The molecule has 0 atom stereocenters. The molecule has 0 saturated carbocycles. The van der Waals surface area contributed by atoms with Gasteiger partial charge in [0.25, 0.3) is 5.91 Å². The van der Waals surface area contributed by atoms with Gasteiger partial charge in [0.15, 0.2) is 0 Å². The molecule has 2 amide bonds. The molecule has 4 rings (SSSR count). The van der Waals surface area contributed by atoms with Crippen molar-refractivity contribution in [3.8, 4) is 0 Å². The number of benzene rings is 1. The maximum absolute atomic E-state index is 14.0. The first kappa shape index (κ1) is 20.8. The van der Waals surface area contributed by atoms with Gasteiger partial charge in [-0.3, -0.25) is 9.59 Å². The second-order valence-corrected chi connectivity index (χ2v) is 8.32. The van der Waals surface area contributed by atoms with Crippen LogP contribution in [-0.2, 0) is 11.8 Å². The van der Waals surface area contributed by atoms with Gasteiger partial charge in [-0.05, 0) is 44.6 Å². The SMILES string of the molecule is CN1CCN(CCCNC(=O)c2c(N3CCCC3=O)c3cc(F)ccc3n2C)CC1. The Morgan fingerprint density at radius 3 is 2.60 bits per heavy atom. The van der Waals surface area contributed by atoms with E-state index in [9.17, 15) is 14.0 Å². The van der Waals surface area contributed by atoms with E-state index >= 15 is 0 Å². The number of likely N-dealkylation sites (N-methyl/N-ethyl adjacent to an activating group) is 1. The number of hydrogen-bond acceptors (Lipinski definition) is 4. The number of aromatic nitrogens is 1. The van der Waals surface area contributed by atoms with Crippen LogP contribution >= 0.6 is 0 Å². The zero-order chi connectivity index (χ0) is 21.3. The average Bonchev–Trinajstić information content (AvgIpc) is 3.26. The number of nitrogens with one attached hydrogen (secondary N) is 1. The minimum atomic E-state index is -0.375. The molecule has 1 N–H and O–H groups in total. The van der Waals surface area contributed by atoms with Crippen LogP contribution in [-0.4, -0.2) is 79.0 Å². The Morgan fingerprint density at radius 2 is 1.90 bits per heavy atom. The van der Waals surface area contributed by atoms with Crippen LogP contribution in [0.3, 0.4) is 0 Å². The molecule has 1 aromatic heterocycles. The second kappa shape index (κ2) is 8.73. The molecule has 1 aromatic carbocycles. The lowest BCUT2D eigenvalue weighted by Gasteiger charge is -2.32. The fourth-order valence-corrected chi connectivity index (χ4v) is 4.47. The number of rotatable bonds is 6. The molecule has 2 aromatic rings. The zero-order valence-corrected chi connectivity index (χ0v) is 17.8. The van der Waals surface area contributed by atoms with Crippen molar-refractivity contribution in [1.82, 2.24) is 19.7 Å². The number of piperazine rings is 1. The number of halogens is 1. The molecule has 7 nitrogen and oxygen atoms in total. The lowest BCUT2D eigenvalue weighted by molar-refractivity contribution is -0.117. The molecule has 8 heteroatoms. The summed E-state index contributed by atoms with van der Waals surface area (Å²) in [4.78, 5) is 31.9. The van der Waals surface area contributed by atoms with Crippen LogP contribution in [0.4, 0.5) is 10.1 Å². The quantitative estimate of drug-likeness (QED) is 0.731. The van der Waals surface area contributed by atoms with E-state index < -0.39 is 0 Å². The predicted octanol–water partition coefficient (Wildman–Crippen LogP) is 1.81. The largest absolute Gasteiger partial charge is 0.351 e. The van der Waals surface area contributed by atoms with Crippen molar-refractivity contribution in [3.63, 3.8) is 0 Å². The number of hydrogen-bond donors (Lipinski definition) is 1. The average molecular weight is 416 g/mol. The van der Waals surface area contributed by atoms with E-state index in [-0.39, 0.29) is 17.6 Å². The van der Waals surface area contributed by atoms with Crippen LogP contribution < -0.4 is 10.2 Å². The van der Waals surface area contributed by atoms with Gasteiger partial charge in [0, 0.05) is 58.1 Å². The van der Waals surface area contributed by atoms with E-state index in [4.69, 9.17) is 0 Å². The van der Waals surface area contributed by atoms with E-state index in [1.807, 2.05) is 0 Å². The van der Waals surface area contributed by atoms with Crippen molar-refractivity contribution >= 4 is 28.4 Å². The Labute approximate surface area is 176 Å². The minimum absolute atomic E-state index is 0.0177. The predicted molar refractivity (Wildman–Crippen MR) is 115 cm³/mol. The van der Waals surface area contributed by atoms with Gasteiger partial charge >= 0.3 is 0 Å². The number of carbonyl (C=O) groups excluding carboxylic acids is 2. The van der Waals surface area contributed by atoms with Crippen LogP contribution in [0.2, 0.25) is 0 Å². The van der Waals surface area contributed by atoms with Gasteiger partial charge in [-0.25, -0.2) is 4.39 Å². The Bertz CT molecular complexity index is 949. The monoisotopic (exact) mass is 415 g/mol. The topological polar surface area (TPSA) is 60.8 Å². The number of nitrogens with zero attached hydrogens (tertiary/aromatic N) is 4. The smallest absolute Gasteiger partial charge is 0.270 e. The lowest BCUT2D eigenvalue weighted by Crippen LogP contribution is -2.45. The summed E-state index contributed by atoms with van der Waals surface area (Å²) in [5, 5.41) is 3.62. The summed E-state index contributed by atoms with van der Waals surface area (Å²) >= 11 is 0. The second-order valence-electron chi connectivity index (χ2n) is 8.32. The van der Waals surface area contributed by atoms with Crippen LogP contribution in [0.15, 0.2) is 18.2 Å². The molecule has 0 aliphatic carbocycles. The highest BCUT2D eigenvalue weighted by Crippen LogP contribution is 2.36. The van der Waals surface area contributed by atoms with E-state index in [2.05, 4.69) is 22.2 Å². The first-order valence-corrected chi connectivity index (χ1v) is 10.7. The highest BCUT2D eigenvalue weighted by Gasteiger charge is 2.31. The highest BCUT2D eigenvalue weighted by molar-refractivity contribution is 6.14. The highest BCUT2D eigenvalue weighted by atomic mass is 19.1. The summed E-state index contributed by atoms with van der Waals surface area (Å²) in [5.41, 5.74) is 1.70. The molecule has 0 unspecified atom stereocenters. The third kappa shape index (κ3) is 4.06. The van der Waals surface area contributed by atoms with Crippen molar-refractivity contribution in [1.29, 1.82) is 0 Å². The number of fused-ring (bicyclic) bond motifs is 1. The molecular weight excluding hydrogens is 385 g/mol. The first-order valence-electron chi connectivity index (χ1n) is 10.7. The molecule has 2 saturated heterocycles. The normalized spacial score (nSPS) is 18.5. The summed E-state index contributed by atoms with van der Waals surface area (Å²) in [6.07, 6.45) is 2.07. The zero-order valence-electron chi connectivity index (χ0n) is 17.8. The molecule has 2 aliphatic rings. The van der Waals surface area contributed by atoms with Crippen molar-refractivity contribution in [2.45, 2.75) is 19.3 Å². The van der Waals surface area contributed by atoms with Gasteiger partial charge in [-0.1, -0.05) is 0 Å². The first-order chi connectivity index (χ1) is 14.5. The standard InChI is InChI=1S/C22H30FN5O2/c1-25-11-13-27(14-12-25)9-4-8-24-22(30)21-20(28-10-3-5-19(28)29)17-15-16(23)6-7-18(17)26(21)2/h6-7,15H,3-5,8-14H2,1-2H3,(H,24,30). The van der Waals surface area contributed by atoms with Crippen molar-refractivity contribution in [2.24, 2.45) is 7.05 Å². The molecule has 0 radical (unpaired) electrons. The Balaban J connectivity index is 1.50. The molecule has 2 fully saturated rings. The Kier molecular flexibility index (Phi) is 6.06. The molecule has 162 valence electrons. The Hall–Kier alpha value is -2.45. The third-order valence-corrected chi connectivity index (χ3v) is 6.23. The maximum Gasteiger partial charge on any atom is 0.270 e. The van der Waals surface area contributed by atoms with Gasteiger partial charge < -0.3 is 24.6 Å². The van der Waals surface area contributed by atoms with Gasteiger partial charge in [0.05, 0.1) is 11.2 Å². The van der Waals surface area contributed by atoms with Crippen LogP contribution in [0, 0.1) is 5.82 Å². The molecule has 0 spiro atoms. The van der Waals surface area contributed by atoms with Crippen molar-refractivity contribution in [3.05, 3.63) is 29.7 Å². The van der Waals surface area contributed by atoms with E-state index in [0.29, 0.717) is 36.3 Å². The number of amides is 2. The minimum Gasteiger partial charge on any atom is -0.351 e. The number of aryl methyl sites for hydroxylation is 1. The number of carbonyl (C=O) groups is 2. The van der Waals surface area contributed by atoms with Gasteiger partial charge in [-0.15, -0.1) is 0 Å². The van der Waals surface area contributed by atoms with Gasteiger partial charge in [0.1, 0.15) is 11.5 Å². The van der Waals surface area contributed by atoms with Crippen LogP contribution in [0.5, 0.6) is 0 Å².